The van der Waals surface area contributed by atoms with Crippen LogP contribution < -0.4 is 5.32 Å². The molecule has 1 aromatic heterocycles. The third-order valence-corrected chi connectivity index (χ3v) is 8.91. The van der Waals surface area contributed by atoms with Gasteiger partial charge in [-0.05, 0) is 47.2 Å². The van der Waals surface area contributed by atoms with Crippen molar-refractivity contribution in [1.82, 2.24) is 15.2 Å². The SMILES string of the molecule is Cc1ncsc1-c1ccc([C@H](C)NC(=O)[C@@H]2C[C@@H](O)CN2C(=O)OCC2c3ccccc3-c3ccccc32)cc1. The van der Waals surface area contributed by atoms with Gasteiger partial charge in [-0.15, -0.1) is 11.3 Å². The van der Waals surface area contributed by atoms with Crippen molar-refractivity contribution >= 4 is 23.3 Å². The van der Waals surface area contributed by atoms with Crippen LogP contribution in [0, 0.1) is 6.92 Å². The van der Waals surface area contributed by atoms with Crippen molar-refractivity contribution < 1.29 is 19.4 Å². The van der Waals surface area contributed by atoms with E-state index in [4.69, 9.17) is 4.74 Å². The first-order valence-electron chi connectivity index (χ1n) is 13.5. The van der Waals surface area contributed by atoms with Crippen molar-refractivity contribution in [3.05, 3.63) is 101 Å². The second kappa shape index (κ2) is 10.9. The van der Waals surface area contributed by atoms with Crippen molar-refractivity contribution in [2.75, 3.05) is 13.2 Å². The van der Waals surface area contributed by atoms with E-state index in [0.717, 1.165) is 44.0 Å². The number of β-amino-alcohol motifs (C(OH)–C–C–N with tert-alkyl or cyclic N) is 1. The standard InChI is InChI=1S/C32H31N3O4S/c1-19(21-11-13-22(14-12-21)30-20(2)33-18-40-30)34-31(37)29-15-23(36)16-35(29)32(38)39-17-28-26-9-5-3-7-24(26)25-8-4-6-10-27(25)28/h3-14,18-19,23,28-29,36H,15-17H2,1-2H3,(H,34,37)/t19-,23+,29-/m0/s1. The van der Waals surface area contributed by atoms with E-state index in [0.29, 0.717) is 0 Å². The predicted octanol–water partition coefficient (Wildman–Crippen LogP) is 5.68. The zero-order chi connectivity index (χ0) is 27.8. The Balaban J connectivity index is 1.11. The molecule has 40 heavy (non-hydrogen) atoms. The molecule has 0 bridgehead atoms. The Morgan fingerprint density at radius 1 is 1.05 bits per heavy atom. The Morgan fingerprint density at radius 3 is 2.33 bits per heavy atom. The van der Waals surface area contributed by atoms with E-state index < -0.39 is 18.2 Å². The van der Waals surface area contributed by atoms with Gasteiger partial charge in [-0.2, -0.15) is 0 Å². The topological polar surface area (TPSA) is 91.8 Å². The van der Waals surface area contributed by atoms with Gasteiger partial charge in [-0.25, -0.2) is 9.78 Å². The van der Waals surface area contributed by atoms with Crippen LogP contribution in [0.3, 0.4) is 0 Å². The minimum atomic E-state index is -0.799. The van der Waals surface area contributed by atoms with Gasteiger partial charge in [0.15, 0.2) is 0 Å². The molecule has 3 atom stereocenters. The molecule has 1 aliphatic carbocycles. The van der Waals surface area contributed by atoms with Crippen LogP contribution in [0.15, 0.2) is 78.3 Å². The van der Waals surface area contributed by atoms with Gasteiger partial charge in [0, 0.05) is 12.3 Å². The Labute approximate surface area is 237 Å². The van der Waals surface area contributed by atoms with Crippen LogP contribution >= 0.6 is 11.3 Å². The molecule has 2 amide bonds. The van der Waals surface area contributed by atoms with Crippen molar-refractivity contribution in [1.29, 1.82) is 0 Å². The lowest BCUT2D eigenvalue weighted by atomic mass is 9.98. The van der Waals surface area contributed by atoms with Gasteiger partial charge in [0.2, 0.25) is 5.91 Å². The molecule has 8 heteroatoms. The number of fused-ring (bicyclic) bond motifs is 3. The molecule has 1 aliphatic heterocycles. The molecule has 204 valence electrons. The third kappa shape index (κ3) is 4.89. The zero-order valence-corrected chi connectivity index (χ0v) is 23.2. The number of nitrogens with zero attached hydrogens (tertiary/aromatic N) is 2. The van der Waals surface area contributed by atoms with Crippen LogP contribution in [0.1, 0.15) is 47.7 Å². The van der Waals surface area contributed by atoms with Crippen LogP contribution in [-0.4, -0.2) is 52.3 Å². The highest BCUT2D eigenvalue weighted by Crippen LogP contribution is 2.44. The third-order valence-electron chi connectivity index (χ3n) is 7.93. The monoisotopic (exact) mass is 553 g/mol. The average molecular weight is 554 g/mol. The van der Waals surface area contributed by atoms with Crippen LogP contribution in [0.2, 0.25) is 0 Å². The number of aryl methyl sites for hydroxylation is 1. The predicted molar refractivity (Wildman–Crippen MR) is 155 cm³/mol. The Morgan fingerprint density at radius 2 is 1.70 bits per heavy atom. The van der Waals surface area contributed by atoms with E-state index in [1.54, 1.807) is 11.3 Å². The summed E-state index contributed by atoms with van der Waals surface area (Å²) in [5, 5.41) is 13.4. The number of carbonyl (C=O) groups excluding carboxylic acids is 2. The smallest absolute Gasteiger partial charge is 0.410 e. The molecule has 0 unspecified atom stereocenters. The van der Waals surface area contributed by atoms with E-state index in [2.05, 4.69) is 34.6 Å². The molecule has 3 aromatic carbocycles. The minimum Gasteiger partial charge on any atom is -0.448 e. The maximum atomic E-state index is 13.3. The minimum absolute atomic E-state index is 0.0615. The quantitative estimate of drug-likeness (QED) is 0.321. The second-order valence-corrected chi connectivity index (χ2v) is 11.3. The lowest BCUT2D eigenvalue weighted by Crippen LogP contribution is -2.46. The summed E-state index contributed by atoms with van der Waals surface area (Å²) >= 11 is 1.60. The number of benzene rings is 3. The highest BCUT2D eigenvalue weighted by atomic mass is 32.1. The number of ether oxygens (including phenoxy) is 1. The highest BCUT2D eigenvalue weighted by Gasteiger charge is 2.41. The number of aromatic nitrogens is 1. The van der Waals surface area contributed by atoms with Crippen LogP contribution in [-0.2, 0) is 9.53 Å². The summed E-state index contributed by atoms with van der Waals surface area (Å²) in [4.78, 5) is 33.3. The first-order chi connectivity index (χ1) is 19.4. The van der Waals surface area contributed by atoms with Crippen molar-refractivity contribution in [3.8, 4) is 21.6 Å². The summed E-state index contributed by atoms with van der Waals surface area (Å²) in [6.07, 6.45) is -1.20. The van der Waals surface area contributed by atoms with Crippen molar-refractivity contribution in [3.63, 3.8) is 0 Å². The molecular weight excluding hydrogens is 522 g/mol. The van der Waals surface area contributed by atoms with Gasteiger partial charge in [0.05, 0.1) is 34.8 Å². The fourth-order valence-electron chi connectivity index (χ4n) is 5.84. The summed E-state index contributed by atoms with van der Waals surface area (Å²) in [5.74, 6) is -0.382. The van der Waals surface area contributed by atoms with E-state index >= 15 is 0 Å². The van der Waals surface area contributed by atoms with Crippen LogP contribution in [0.4, 0.5) is 4.79 Å². The molecule has 2 aliphatic rings. The molecule has 6 rings (SSSR count). The number of aliphatic hydroxyl groups excluding tert-OH is 1. The lowest BCUT2D eigenvalue weighted by Gasteiger charge is -2.25. The molecule has 0 spiro atoms. The molecule has 2 N–H and O–H groups in total. The van der Waals surface area contributed by atoms with Crippen molar-refractivity contribution in [2.24, 2.45) is 0 Å². The number of carbonyl (C=O) groups is 2. The number of nitrogens with one attached hydrogen (secondary N) is 1. The van der Waals surface area contributed by atoms with Gasteiger partial charge in [0.25, 0.3) is 0 Å². The molecule has 7 nitrogen and oxygen atoms in total. The first-order valence-corrected chi connectivity index (χ1v) is 14.4. The van der Waals surface area contributed by atoms with Crippen molar-refractivity contribution in [2.45, 2.75) is 44.4 Å². The van der Waals surface area contributed by atoms with E-state index in [9.17, 15) is 14.7 Å². The number of rotatable bonds is 6. The summed E-state index contributed by atoms with van der Waals surface area (Å²) in [6, 6.07) is 23.3. The maximum absolute atomic E-state index is 13.3. The fourth-order valence-corrected chi connectivity index (χ4v) is 6.65. The number of thiazole rings is 1. The zero-order valence-electron chi connectivity index (χ0n) is 22.4. The maximum Gasteiger partial charge on any atom is 0.410 e. The number of likely N-dealkylation sites (tertiary alicyclic amines) is 1. The Hall–Kier alpha value is -4.01. The first kappa shape index (κ1) is 26.2. The molecule has 4 aromatic rings. The molecule has 0 saturated carbocycles. The summed E-state index contributed by atoms with van der Waals surface area (Å²) in [5.41, 5.74) is 9.41. The van der Waals surface area contributed by atoms with Crippen LogP contribution in [0.25, 0.3) is 21.6 Å². The van der Waals surface area contributed by atoms with Gasteiger partial charge in [-0.3, -0.25) is 9.69 Å². The lowest BCUT2D eigenvalue weighted by molar-refractivity contribution is -0.125. The van der Waals surface area contributed by atoms with Gasteiger partial charge < -0.3 is 15.2 Å². The summed E-state index contributed by atoms with van der Waals surface area (Å²) in [6.45, 7) is 4.12. The molecule has 0 radical (unpaired) electrons. The number of hydrogen-bond donors (Lipinski definition) is 2. The van der Waals surface area contributed by atoms with E-state index in [1.165, 1.54) is 4.90 Å². The van der Waals surface area contributed by atoms with E-state index in [1.807, 2.05) is 67.9 Å². The van der Waals surface area contributed by atoms with Gasteiger partial charge in [0.1, 0.15) is 12.6 Å². The number of amides is 2. The van der Waals surface area contributed by atoms with Gasteiger partial charge in [-0.1, -0.05) is 72.8 Å². The highest BCUT2D eigenvalue weighted by molar-refractivity contribution is 7.13. The van der Waals surface area contributed by atoms with Gasteiger partial charge >= 0.3 is 6.09 Å². The largest absolute Gasteiger partial charge is 0.448 e. The van der Waals surface area contributed by atoms with Crippen LogP contribution in [0.5, 0.6) is 0 Å². The van der Waals surface area contributed by atoms with E-state index in [-0.39, 0.29) is 37.4 Å². The molecule has 1 fully saturated rings. The number of aliphatic hydroxyl groups is 1. The Bertz CT molecular complexity index is 1500. The summed E-state index contributed by atoms with van der Waals surface area (Å²) < 4.78 is 5.79. The average Bonchev–Trinajstić information content (AvgIpc) is 3.67. The number of hydrogen-bond acceptors (Lipinski definition) is 6. The summed E-state index contributed by atoms with van der Waals surface area (Å²) in [7, 11) is 0. The second-order valence-electron chi connectivity index (χ2n) is 10.5. The normalized spacial score (nSPS) is 18.7. The molecule has 1 saturated heterocycles. The fraction of sp³-hybridized carbons (Fsp3) is 0.281. The molecular formula is C32H31N3O4S. The molecule has 2 heterocycles. The Kier molecular flexibility index (Phi) is 7.12.